The molecular formula is C29H19NO2. The molecule has 3 nitrogen and oxygen atoms in total. The number of nitrogens with zero attached hydrogens (tertiary/aromatic N) is 1. The third-order valence-corrected chi connectivity index (χ3v) is 5.74. The summed E-state index contributed by atoms with van der Waals surface area (Å²) in [7, 11) is 0. The second-order valence-electron chi connectivity index (χ2n) is 7.66. The van der Waals surface area contributed by atoms with Crippen LogP contribution in [0.1, 0.15) is 0 Å². The molecule has 2 aromatic heterocycles. The highest BCUT2D eigenvalue weighted by molar-refractivity contribution is 6.05. The molecule has 0 aliphatic rings. The van der Waals surface area contributed by atoms with Crippen LogP contribution in [0.5, 0.6) is 0 Å². The van der Waals surface area contributed by atoms with E-state index in [9.17, 15) is 0 Å². The summed E-state index contributed by atoms with van der Waals surface area (Å²) in [5.41, 5.74) is 5.94. The Kier molecular flexibility index (Phi) is 4.43. The molecule has 0 atom stereocenters. The van der Waals surface area contributed by atoms with Gasteiger partial charge in [0.2, 0.25) is 0 Å². The summed E-state index contributed by atoms with van der Waals surface area (Å²) >= 11 is 0. The Morgan fingerprint density at radius 3 is 1.69 bits per heavy atom. The average Bonchev–Trinajstić information content (AvgIpc) is 3.50. The van der Waals surface area contributed by atoms with Gasteiger partial charge in [-0.2, -0.15) is 0 Å². The van der Waals surface area contributed by atoms with Crippen LogP contribution in [0.25, 0.3) is 55.8 Å². The summed E-state index contributed by atoms with van der Waals surface area (Å²) < 4.78 is 12.0. The van der Waals surface area contributed by atoms with Gasteiger partial charge in [0.15, 0.2) is 0 Å². The molecule has 0 saturated carbocycles. The number of hydrogen-bond acceptors (Lipinski definition) is 3. The Hall–Kier alpha value is -4.37. The summed E-state index contributed by atoms with van der Waals surface area (Å²) in [6, 6.07) is 37.1. The standard InChI is InChI=1S/C29H19NO2/c1-3-11-20(12-4-1)22-15-7-8-16-23(22)28-24-17-9-10-18-25(24)29(32-28)26-19-31-30-27(26)21-13-5-2-6-14-21/h1-19H. The minimum Gasteiger partial charge on any atom is -0.455 e. The second-order valence-corrected chi connectivity index (χ2v) is 7.66. The molecular weight excluding hydrogens is 394 g/mol. The predicted octanol–water partition coefficient (Wildman–Crippen LogP) is 8.09. The fourth-order valence-corrected chi connectivity index (χ4v) is 4.24. The number of furan rings is 1. The first-order chi connectivity index (χ1) is 15.9. The molecule has 152 valence electrons. The van der Waals surface area contributed by atoms with E-state index in [0.29, 0.717) is 0 Å². The van der Waals surface area contributed by atoms with Crippen molar-refractivity contribution >= 4 is 10.8 Å². The quantitative estimate of drug-likeness (QED) is 0.293. The Labute approximate surface area is 185 Å². The molecule has 6 rings (SSSR count). The molecule has 3 heteroatoms. The second kappa shape index (κ2) is 7.71. The molecule has 0 fully saturated rings. The Morgan fingerprint density at radius 1 is 0.469 bits per heavy atom. The molecule has 0 aliphatic carbocycles. The van der Waals surface area contributed by atoms with Crippen LogP contribution >= 0.6 is 0 Å². The van der Waals surface area contributed by atoms with Crippen LogP contribution in [-0.2, 0) is 0 Å². The molecule has 0 bridgehead atoms. The first kappa shape index (κ1) is 18.4. The van der Waals surface area contributed by atoms with Crippen LogP contribution < -0.4 is 0 Å². The molecule has 32 heavy (non-hydrogen) atoms. The minimum absolute atomic E-state index is 0.763. The zero-order valence-corrected chi connectivity index (χ0v) is 17.2. The van der Waals surface area contributed by atoms with E-state index in [0.717, 1.165) is 55.8 Å². The largest absolute Gasteiger partial charge is 0.455 e. The van der Waals surface area contributed by atoms with Gasteiger partial charge in [-0.05, 0) is 11.1 Å². The molecule has 0 aliphatic heterocycles. The maximum atomic E-state index is 6.62. The molecule has 0 radical (unpaired) electrons. The van der Waals surface area contributed by atoms with Crippen molar-refractivity contribution in [3.63, 3.8) is 0 Å². The van der Waals surface area contributed by atoms with Gasteiger partial charge >= 0.3 is 0 Å². The number of fused-ring (bicyclic) bond motifs is 1. The Morgan fingerprint density at radius 2 is 1.00 bits per heavy atom. The normalized spacial score (nSPS) is 11.1. The minimum atomic E-state index is 0.763. The van der Waals surface area contributed by atoms with Crippen molar-refractivity contribution in [3.8, 4) is 45.0 Å². The van der Waals surface area contributed by atoms with Crippen LogP contribution in [0.2, 0.25) is 0 Å². The Bertz CT molecular complexity index is 1510. The zero-order valence-electron chi connectivity index (χ0n) is 17.2. The fraction of sp³-hybridized carbons (Fsp3) is 0. The SMILES string of the molecule is c1ccc(-c2ccccc2-c2oc(-c3conc3-c3ccccc3)c3ccccc23)cc1. The van der Waals surface area contributed by atoms with E-state index in [1.54, 1.807) is 6.26 Å². The first-order valence-electron chi connectivity index (χ1n) is 10.6. The summed E-state index contributed by atoms with van der Waals surface area (Å²) in [6.07, 6.45) is 1.67. The topological polar surface area (TPSA) is 39.2 Å². The molecule has 0 unspecified atom stereocenters. The summed E-state index contributed by atoms with van der Waals surface area (Å²) in [5.74, 6) is 1.61. The lowest BCUT2D eigenvalue weighted by molar-refractivity contribution is 0.422. The van der Waals surface area contributed by atoms with Gasteiger partial charge in [-0.3, -0.25) is 0 Å². The van der Waals surface area contributed by atoms with Crippen molar-refractivity contribution < 1.29 is 8.94 Å². The van der Waals surface area contributed by atoms with Crippen molar-refractivity contribution in [2.45, 2.75) is 0 Å². The van der Waals surface area contributed by atoms with Gasteiger partial charge < -0.3 is 8.94 Å². The summed E-state index contributed by atoms with van der Waals surface area (Å²) in [6.45, 7) is 0. The van der Waals surface area contributed by atoms with E-state index in [2.05, 4.69) is 59.8 Å². The molecule has 0 saturated heterocycles. The van der Waals surface area contributed by atoms with E-state index in [1.807, 2.05) is 54.6 Å². The monoisotopic (exact) mass is 413 g/mol. The Balaban J connectivity index is 1.60. The number of benzene rings is 4. The van der Waals surface area contributed by atoms with Crippen LogP contribution in [-0.4, -0.2) is 5.16 Å². The van der Waals surface area contributed by atoms with E-state index < -0.39 is 0 Å². The first-order valence-corrected chi connectivity index (χ1v) is 10.6. The van der Waals surface area contributed by atoms with Gasteiger partial charge in [-0.25, -0.2) is 0 Å². The van der Waals surface area contributed by atoms with E-state index in [-0.39, 0.29) is 0 Å². The van der Waals surface area contributed by atoms with Crippen molar-refractivity contribution in [1.29, 1.82) is 0 Å². The lowest BCUT2D eigenvalue weighted by Crippen LogP contribution is -1.83. The predicted molar refractivity (Wildman–Crippen MR) is 128 cm³/mol. The highest BCUT2D eigenvalue weighted by Crippen LogP contribution is 2.44. The molecule has 2 heterocycles. The third-order valence-electron chi connectivity index (χ3n) is 5.74. The number of hydrogen-bond donors (Lipinski definition) is 0. The summed E-state index contributed by atoms with van der Waals surface area (Å²) in [4.78, 5) is 0. The smallest absolute Gasteiger partial charge is 0.148 e. The summed E-state index contributed by atoms with van der Waals surface area (Å²) in [5, 5.41) is 6.38. The van der Waals surface area contributed by atoms with Crippen LogP contribution in [0, 0.1) is 0 Å². The number of rotatable bonds is 4. The van der Waals surface area contributed by atoms with Crippen molar-refractivity contribution in [1.82, 2.24) is 5.16 Å². The lowest BCUT2D eigenvalue weighted by Gasteiger charge is -2.08. The van der Waals surface area contributed by atoms with Gasteiger partial charge in [-0.15, -0.1) is 0 Å². The van der Waals surface area contributed by atoms with Gasteiger partial charge in [-0.1, -0.05) is 114 Å². The van der Waals surface area contributed by atoms with Crippen molar-refractivity contribution in [2.24, 2.45) is 0 Å². The van der Waals surface area contributed by atoms with E-state index >= 15 is 0 Å². The highest BCUT2D eigenvalue weighted by atomic mass is 16.5. The van der Waals surface area contributed by atoms with Gasteiger partial charge in [0.05, 0.1) is 5.56 Å². The van der Waals surface area contributed by atoms with Crippen LogP contribution in [0.3, 0.4) is 0 Å². The van der Waals surface area contributed by atoms with E-state index in [4.69, 9.17) is 8.94 Å². The zero-order chi connectivity index (χ0) is 21.3. The maximum Gasteiger partial charge on any atom is 0.148 e. The molecule has 6 aromatic rings. The average molecular weight is 413 g/mol. The molecule has 0 amide bonds. The van der Waals surface area contributed by atoms with Gasteiger partial charge in [0.25, 0.3) is 0 Å². The molecule has 4 aromatic carbocycles. The fourth-order valence-electron chi connectivity index (χ4n) is 4.24. The highest BCUT2D eigenvalue weighted by Gasteiger charge is 2.22. The van der Waals surface area contributed by atoms with Gasteiger partial charge in [0.1, 0.15) is 23.5 Å². The van der Waals surface area contributed by atoms with Gasteiger partial charge in [0, 0.05) is 21.9 Å². The lowest BCUT2D eigenvalue weighted by atomic mass is 9.96. The van der Waals surface area contributed by atoms with Crippen molar-refractivity contribution in [3.05, 3.63) is 115 Å². The number of aromatic nitrogens is 1. The van der Waals surface area contributed by atoms with Crippen LogP contribution in [0.15, 0.2) is 124 Å². The molecule has 0 N–H and O–H groups in total. The third kappa shape index (κ3) is 3.03. The van der Waals surface area contributed by atoms with E-state index in [1.165, 1.54) is 0 Å². The molecule has 0 spiro atoms. The maximum absolute atomic E-state index is 6.62. The van der Waals surface area contributed by atoms with Crippen LogP contribution in [0.4, 0.5) is 0 Å². The van der Waals surface area contributed by atoms with Crippen molar-refractivity contribution in [2.75, 3.05) is 0 Å².